The molecule has 5 nitrogen and oxygen atoms in total. The maximum Gasteiger partial charge on any atom is 0.262 e. The van der Waals surface area contributed by atoms with Gasteiger partial charge in [0, 0.05) is 6.54 Å². The molecule has 0 unspecified atom stereocenters. The molecule has 0 radical (unpaired) electrons. The summed E-state index contributed by atoms with van der Waals surface area (Å²) in [4.78, 5) is 11.9. The lowest BCUT2D eigenvalue weighted by atomic mass is 10.6. The van der Waals surface area contributed by atoms with Crippen LogP contribution in [0, 0.1) is 12.7 Å². The number of oxazole rings is 1. The van der Waals surface area contributed by atoms with Crippen molar-refractivity contribution in [1.29, 1.82) is 0 Å². The van der Waals surface area contributed by atoms with Crippen molar-refractivity contribution in [1.82, 2.24) is 15.0 Å². The molecule has 90 valence electrons. The lowest BCUT2D eigenvalue weighted by Gasteiger charge is -2.03. The Hall–Kier alpha value is -1.63. The van der Waals surface area contributed by atoms with Gasteiger partial charge in [-0.15, -0.1) is 0 Å². The first-order valence-corrected chi connectivity index (χ1v) is 5.87. The third kappa shape index (κ3) is 2.94. The highest BCUT2D eigenvalue weighted by atomic mass is 32.2. The van der Waals surface area contributed by atoms with E-state index >= 15 is 0 Å². The molecule has 0 fully saturated rings. The van der Waals surface area contributed by atoms with Gasteiger partial charge in [0.2, 0.25) is 5.95 Å². The molecule has 2 aromatic heterocycles. The number of anilines is 1. The Morgan fingerprint density at radius 2 is 2.29 bits per heavy atom. The summed E-state index contributed by atoms with van der Waals surface area (Å²) in [6.07, 6.45) is 2.63. The Kier molecular flexibility index (Phi) is 3.58. The molecule has 0 atom stereocenters. The van der Waals surface area contributed by atoms with Gasteiger partial charge in [-0.1, -0.05) is 0 Å². The highest BCUT2D eigenvalue weighted by Gasteiger charge is 2.11. The molecule has 0 bridgehead atoms. The fourth-order valence-corrected chi connectivity index (χ4v) is 1.86. The predicted octanol–water partition coefficient (Wildman–Crippen LogP) is 2.50. The van der Waals surface area contributed by atoms with Gasteiger partial charge in [0.15, 0.2) is 5.82 Å². The Morgan fingerprint density at radius 1 is 1.47 bits per heavy atom. The van der Waals surface area contributed by atoms with E-state index in [-0.39, 0.29) is 5.03 Å². The lowest BCUT2D eigenvalue weighted by molar-refractivity contribution is 0.452. The smallest absolute Gasteiger partial charge is 0.262 e. The van der Waals surface area contributed by atoms with Crippen LogP contribution >= 0.6 is 11.8 Å². The van der Waals surface area contributed by atoms with Gasteiger partial charge in [-0.2, -0.15) is 0 Å². The summed E-state index contributed by atoms with van der Waals surface area (Å²) in [5, 5.41) is 3.47. The van der Waals surface area contributed by atoms with Gasteiger partial charge in [0.1, 0.15) is 11.3 Å². The Bertz CT molecular complexity index is 517. The van der Waals surface area contributed by atoms with Gasteiger partial charge < -0.3 is 9.73 Å². The fraction of sp³-hybridized carbons (Fsp3) is 0.300. The van der Waals surface area contributed by atoms with E-state index in [9.17, 15) is 4.39 Å². The molecular formula is C10H11FN4OS. The van der Waals surface area contributed by atoms with Crippen LogP contribution in [0.5, 0.6) is 0 Å². The van der Waals surface area contributed by atoms with Crippen LogP contribution in [0.3, 0.4) is 0 Å². The Balaban J connectivity index is 2.22. The van der Waals surface area contributed by atoms with Gasteiger partial charge in [0.05, 0.1) is 11.9 Å². The lowest BCUT2D eigenvalue weighted by Crippen LogP contribution is -2.03. The molecule has 17 heavy (non-hydrogen) atoms. The molecule has 2 aromatic rings. The van der Waals surface area contributed by atoms with E-state index in [1.54, 1.807) is 6.92 Å². The van der Waals surface area contributed by atoms with E-state index in [0.29, 0.717) is 17.7 Å². The van der Waals surface area contributed by atoms with Gasteiger partial charge in [-0.25, -0.2) is 19.3 Å². The van der Waals surface area contributed by atoms with Crippen molar-refractivity contribution >= 4 is 17.7 Å². The van der Waals surface area contributed by atoms with Crippen molar-refractivity contribution in [3.8, 4) is 0 Å². The van der Waals surface area contributed by atoms with Crippen LogP contribution in [0.15, 0.2) is 27.1 Å². The first kappa shape index (κ1) is 11.8. The highest BCUT2D eigenvalue weighted by Crippen LogP contribution is 2.27. The summed E-state index contributed by atoms with van der Waals surface area (Å²) in [6, 6.07) is 0. The molecule has 2 rings (SSSR count). The van der Waals surface area contributed by atoms with Gasteiger partial charge in [0.25, 0.3) is 5.22 Å². The van der Waals surface area contributed by atoms with Crippen LogP contribution in [-0.4, -0.2) is 21.5 Å². The monoisotopic (exact) mass is 254 g/mol. The van der Waals surface area contributed by atoms with E-state index < -0.39 is 5.82 Å². The second kappa shape index (κ2) is 5.13. The van der Waals surface area contributed by atoms with Crippen molar-refractivity contribution < 1.29 is 8.81 Å². The molecule has 7 heteroatoms. The fourth-order valence-electron chi connectivity index (χ4n) is 1.13. The Morgan fingerprint density at radius 3 is 2.94 bits per heavy atom. The van der Waals surface area contributed by atoms with Crippen molar-refractivity contribution in [3.63, 3.8) is 0 Å². The van der Waals surface area contributed by atoms with E-state index in [1.807, 2.05) is 6.92 Å². The number of hydrogen-bond donors (Lipinski definition) is 1. The number of hydrogen-bond acceptors (Lipinski definition) is 6. The van der Waals surface area contributed by atoms with Crippen molar-refractivity contribution in [3.05, 3.63) is 24.0 Å². The van der Waals surface area contributed by atoms with Crippen LogP contribution in [0.1, 0.15) is 12.6 Å². The normalized spacial score (nSPS) is 10.5. The standard InChI is InChI=1S/C10H11FN4OS/c1-3-12-9-13-4-7(11)8(15-9)17-10-14-6(2)5-16-10/h4-5H,3H2,1-2H3,(H,12,13,15). The van der Waals surface area contributed by atoms with Crippen LogP contribution in [0.25, 0.3) is 0 Å². The van der Waals surface area contributed by atoms with Crippen molar-refractivity contribution in [2.75, 3.05) is 11.9 Å². The van der Waals surface area contributed by atoms with Crippen molar-refractivity contribution in [2.24, 2.45) is 0 Å². The number of halogens is 1. The third-order valence-corrected chi connectivity index (χ3v) is 2.67. The first-order chi connectivity index (χ1) is 8.19. The van der Waals surface area contributed by atoms with E-state index in [2.05, 4.69) is 20.3 Å². The van der Waals surface area contributed by atoms with Crippen LogP contribution < -0.4 is 5.32 Å². The maximum absolute atomic E-state index is 13.5. The summed E-state index contributed by atoms with van der Waals surface area (Å²) >= 11 is 1.03. The SMILES string of the molecule is CCNc1ncc(F)c(Sc2nc(C)co2)n1. The zero-order chi connectivity index (χ0) is 12.3. The second-order valence-electron chi connectivity index (χ2n) is 3.23. The molecular weight excluding hydrogens is 243 g/mol. The average Bonchev–Trinajstić information content (AvgIpc) is 2.69. The molecule has 0 aliphatic carbocycles. The number of rotatable bonds is 4. The average molecular weight is 254 g/mol. The van der Waals surface area contributed by atoms with E-state index in [1.165, 1.54) is 6.26 Å². The molecule has 0 amide bonds. The predicted molar refractivity (Wildman–Crippen MR) is 61.5 cm³/mol. The second-order valence-corrected chi connectivity index (χ2v) is 4.17. The third-order valence-electron chi connectivity index (χ3n) is 1.83. The van der Waals surface area contributed by atoms with Crippen molar-refractivity contribution in [2.45, 2.75) is 24.1 Å². The highest BCUT2D eigenvalue weighted by molar-refractivity contribution is 7.99. The molecule has 1 N–H and O–H groups in total. The Labute approximate surface area is 102 Å². The van der Waals surface area contributed by atoms with E-state index in [4.69, 9.17) is 4.42 Å². The molecule has 0 aliphatic rings. The number of nitrogens with one attached hydrogen (secondary N) is 1. The zero-order valence-corrected chi connectivity index (χ0v) is 10.2. The summed E-state index contributed by atoms with van der Waals surface area (Å²) in [5.74, 6) is -0.104. The minimum absolute atomic E-state index is 0.192. The van der Waals surface area contributed by atoms with Gasteiger partial charge >= 0.3 is 0 Å². The topological polar surface area (TPSA) is 63.8 Å². The summed E-state index contributed by atoms with van der Waals surface area (Å²) in [5.41, 5.74) is 0.744. The minimum Gasteiger partial charge on any atom is -0.439 e. The van der Waals surface area contributed by atoms with E-state index in [0.717, 1.165) is 23.7 Å². The maximum atomic E-state index is 13.5. The minimum atomic E-state index is -0.493. The number of aryl methyl sites for hydroxylation is 1. The summed E-state index contributed by atoms with van der Waals surface area (Å²) in [7, 11) is 0. The van der Waals surface area contributed by atoms with Crippen LogP contribution in [0.4, 0.5) is 10.3 Å². The van der Waals surface area contributed by atoms with Crippen LogP contribution in [0.2, 0.25) is 0 Å². The molecule has 0 aliphatic heterocycles. The zero-order valence-electron chi connectivity index (χ0n) is 9.40. The first-order valence-electron chi connectivity index (χ1n) is 5.05. The van der Waals surface area contributed by atoms with Gasteiger partial charge in [-0.05, 0) is 25.6 Å². The molecule has 0 saturated heterocycles. The number of aromatic nitrogens is 3. The number of nitrogens with zero attached hydrogens (tertiary/aromatic N) is 3. The molecule has 0 spiro atoms. The summed E-state index contributed by atoms with van der Waals surface area (Å²) in [6.45, 7) is 4.39. The van der Waals surface area contributed by atoms with Gasteiger partial charge in [-0.3, -0.25) is 0 Å². The molecule has 0 aromatic carbocycles. The largest absolute Gasteiger partial charge is 0.439 e. The summed E-state index contributed by atoms with van der Waals surface area (Å²) < 4.78 is 18.6. The quantitative estimate of drug-likeness (QED) is 0.846. The van der Waals surface area contributed by atoms with Crippen LogP contribution in [-0.2, 0) is 0 Å². The molecule has 0 saturated carbocycles. The molecule has 2 heterocycles.